The zero-order valence-electron chi connectivity index (χ0n) is 17.0. The Morgan fingerprint density at radius 2 is 1.77 bits per heavy atom. The number of furan rings is 1. The molecule has 0 aliphatic heterocycles. The number of carboxylic acids is 1. The van der Waals surface area contributed by atoms with Crippen LogP contribution in [0.2, 0.25) is 5.02 Å². The lowest BCUT2D eigenvalue weighted by Crippen LogP contribution is -2.18. The number of carbonyl (C=O) groups is 1. The Labute approximate surface area is 190 Å². The van der Waals surface area contributed by atoms with E-state index in [1.807, 2.05) is 48.5 Å². The molecule has 0 radical (unpaired) electrons. The largest absolute Gasteiger partial charge is 0.475 e. The van der Waals surface area contributed by atoms with E-state index in [2.05, 4.69) is 28.6 Å². The van der Waals surface area contributed by atoms with Crippen molar-refractivity contribution in [1.29, 1.82) is 0 Å². The Bertz CT molecular complexity index is 1190. The van der Waals surface area contributed by atoms with E-state index in [9.17, 15) is 9.90 Å². The Morgan fingerprint density at radius 3 is 2.48 bits per heavy atom. The minimum absolute atomic E-state index is 0.000696. The molecule has 4 aromatic rings. The van der Waals surface area contributed by atoms with E-state index in [1.165, 1.54) is 11.1 Å². The number of nitrogens with zero attached hydrogens (tertiary/aromatic N) is 1. The topological polar surface area (TPSA) is 53.7 Å². The lowest BCUT2D eigenvalue weighted by atomic mass is 10.1. The first-order valence-corrected chi connectivity index (χ1v) is 11.1. The lowest BCUT2D eigenvalue weighted by molar-refractivity contribution is 0.0664. The van der Waals surface area contributed by atoms with Crippen LogP contribution in [0.3, 0.4) is 0 Å². The van der Waals surface area contributed by atoms with E-state index in [0.717, 1.165) is 34.8 Å². The van der Waals surface area contributed by atoms with Gasteiger partial charge in [-0.05, 0) is 66.8 Å². The van der Waals surface area contributed by atoms with Crippen molar-refractivity contribution in [2.24, 2.45) is 0 Å². The van der Waals surface area contributed by atoms with Crippen molar-refractivity contribution in [3.8, 4) is 0 Å². The Hall–Kier alpha value is -2.73. The van der Waals surface area contributed by atoms with Crippen molar-refractivity contribution >= 4 is 40.5 Å². The fourth-order valence-electron chi connectivity index (χ4n) is 3.46. The second kappa shape index (κ2) is 9.60. The van der Waals surface area contributed by atoms with Crippen LogP contribution in [-0.4, -0.2) is 21.9 Å². The first kappa shape index (κ1) is 21.5. The molecule has 0 saturated carbocycles. The van der Waals surface area contributed by atoms with Gasteiger partial charge < -0.3 is 9.52 Å². The molecule has 6 heteroatoms. The quantitative estimate of drug-likeness (QED) is 0.297. The summed E-state index contributed by atoms with van der Waals surface area (Å²) in [4.78, 5) is 12.4. The average Bonchev–Trinajstić information content (AvgIpc) is 3.11. The number of aryl methyl sites for hydroxylation is 1. The zero-order valence-corrected chi connectivity index (χ0v) is 18.6. The van der Waals surface area contributed by atoms with Gasteiger partial charge in [-0.25, -0.2) is 9.10 Å². The molecule has 4 rings (SSSR count). The number of aromatic carboxylic acids is 1. The second-order valence-corrected chi connectivity index (χ2v) is 8.94. The normalized spacial score (nSPS) is 11.3. The number of benzene rings is 3. The summed E-state index contributed by atoms with van der Waals surface area (Å²) in [5.41, 5.74) is 3.71. The Kier molecular flexibility index (Phi) is 6.66. The smallest absolute Gasteiger partial charge is 0.372 e. The molecule has 0 amide bonds. The summed E-state index contributed by atoms with van der Waals surface area (Å²) in [7, 11) is 0. The van der Waals surface area contributed by atoms with Crippen LogP contribution in [0.4, 0.5) is 0 Å². The van der Waals surface area contributed by atoms with Crippen LogP contribution >= 0.6 is 23.5 Å². The molecular formula is C25H22ClNO3S. The van der Waals surface area contributed by atoms with Gasteiger partial charge in [0.2, 0.25) is 5.76 Å². The fraction of sp³-hybridized carbons (Fsp3) is 0.160. The predicted molar refractivity (Wildman–Crippen MR) is 126 cm³/mol. The minimum atomic E-state index is -1.05. The summed E-state index contributed by atoms with van der Waals surface area (Å²) in [6, 6.07) is 24.1. The van der Waals surface area contributed by atoms with Crippen LogP contribution in [-0.2, 0) is 13.0 Å². The molecule has 4 nitrogen and oxygen atoms in total. The van der Waals surface area contributed by atoms with E-state index in [1.54, 1.807) is 18.9 Å². The van der Waals surface area contributed by atoms with E-state index >= 15 is 0 Å². The van der Waals surface area contributed by atoms with Crippen LogP contribution in [0.1, 0.15) is 27.2 Å². The highest BCUT2D eigenvalue weighted by molar-refractivity contribution is 7.97. The van der Waals surface area contributed by atoms with Gasteiger partial charge in [-0.1, -0.05) is 54.1 Å². The molecular weight excluding hydrogens is 430 g/mol. The molecule has 3 aromatic carbocycles. The molecule has 0 saturated heterocycles. The van der Waals surface area contributed by atoms with Gasteiger partial charge in [-0.2, -0.15) is 0 Å². The summed E-state index contributed by atoms with van der Waals surface area (Å²) in [6.45, 7) is 3.40. The summed E-state index contributed by atoms with van der Waals surface area (Å²) >= 11 is 7.70. The van der Waals surface area contributed by atoms with Crippen molar-refractivity contribution in [3.05, 3.63) is 100 Å². The lowest BCUT2D eigenvalue weighted by Gasteiger charge is -2.21. The third kappa shape index (κ3) is 5.31. The molecule has 158 valence electrons. The van der Waals surface area contributed by atoms with Crippen LogP contribution in [0.25, 0.3) is 11.0 Å². The second-order valence-electron chi connectivity index (χ2n) is 7.34. The van der Waals surface area contributed by atoms with Gasteiger partial charge in [0.25, 0.3) is 0 Å². The van der Waals surface area contributed by atoms with Crippen molar-refractivity contribution < 1.29 is 14.3 Å². The molecule has 1 aromatic heterocycles. The minimum Gasteiger partial charge on any atom is -0.475 e. The van der Waals surface area contributed by atoms with E-state index in [0.29, 0.717) is 11.1 Å². The standard InChI is InChI=1S/C25H22ClNO3S/c1-17-22-15-21(11-12-23(22)30-24(17)25(28)29)31-27(14-13-18-5-3-2-4-6-18)16-19-7-9-20(26)10-8-19/h2-12,15H,13-14,16H2,1H3,(H,28,29). The van der Waals surface area contributed by atoms with Gasteiger partial charge in [0, 0.05) is 34.0 Å². The van der Waals surface area contributed by atoms with Crippen molar-refractivity contribution in [2.75, 3.05) is 6.54 Å². The van der Waals surface area contributed by atoms with Gasteiger partial charge in [-0.3, -0.25) is 0 Å². The van der Waals surface area contributed by atoms with Crippen molar-refractivity contribution in [3.63, 3.8) is 0 Å². The monoisotopic (exact) mass is 451 g/mol. The molecule has 0 bridgehead atoms. The first-order chi connectivity index (χ1) is 15.0. The fourth-order valence-corrected chi connectivity index (χ4v) is 4.58. The van der Waals surface area contributed by atoms with Crippen LogP contribution in [0, 0.1) is 6.92 Å². The summed E-state index contributed by atoms with van der Waals surface area (Å²) in [6.07, 6.45) is 0.928. The predicted octanol–water partition coefficient (Wildman–Crippen LogP) is 6.84. The molecule has 1 heterocycles. The summed E-state index contributed by atoms with van der Waals surface area (Å²) < 4.78 is 7.81. The third-order valence-electron chi connectivity index (χ3n) is 5.10. The highest BCUT2D eigenvalue weighted by Gasteiger charge is 2.17. The van der Waals surface area contributed by atoms with E-state index in [4.69, 9.17) is 16.0 Å². The van der Waals surface area contributed by atoms with E-state index < -0.39 is 5.97 Å². The molecule has 0 spiro atoms. The molecule has 0 unspecified atom stereocenters. The van der Waals surface area contributed by atoms with Crippen LogP contribution < -0.4 is 0 Å². The Balaban J connectivity index is 1.57. The number of halogens is 1. The maximum absolute atomic E-state index is 11.4. The number of fused-ring (bicyclic) bond motifs is 1. The summed E-state index contributed by atoms with van der Waals surface area (Å²) in [5, 5.41) is 10.9. The SMILES string of the molecule is Cc1c(C(=O)O)oc2ccc(SN(CCc3ccccc3)Cc3ccc(Cl)cc3)cc12. The molecule has 0 aliphatic rings. The summed E-state index contributed by atoms with van der Waals surface area (Å²) in [5.74, 6) is -1.05. The molecule has 0 atom stereocenters. The first-order valence-electron chi connectivity index (χ1n) is 9.97. The molecule has 0 fully saturated rings. The van der Waals surface area contributed by atoms with Gasteiger partial charge in [-0.15, -0.1) is 0 Å². The number of rotatable bonds is 8. The highest BCUT2D eigenvalue weighted by Crippen LogP contribution is 2.32. The maximum Gasteiger partial charge on any atom is 0.372 e. The molecule has 31 heavy (non-hydrogen) atoms. The Morgan fingerprint density at radius 1 is 1.03 bits per heavy atom. The van der Waals surface area contributed by atoms with E-state index in [-0.39, 0.29) is 5.76 Å². The van der Waals surface area contributed by atoms with Gasteiger partial charge >= 0.3 is 5.97 Å². The number of carboxylic acid groups (broad SMARTS) is 1. The van der Waals surface area contributed by atoms with Gasteiger partial charge in [0.05, 0.1) is 0 Å². The zero-order chi connectivity index (χ0) is 21.8. The van der Waals surface area contributed by atoms with Crippen molar-refractivity contribution in [2.45, 2.75) is 24.8 Å². The van der Waals surface area contributed by atoms with Gasteiger partial charge in [0.15, 0.2) is 0 Å². The van der Waals surface area contributed by atoms with Crippen LogP contribution in [0.15, 0.2) is 82.1 Å². The maximum atomic E-state index is 11.4. The third-order valence-corrected chi connectivity index (χ3v) is 6.39. The van der Waals surface area contributed by atoms with Crippen LogP contribution in [0.5, 0.6) is 0 Å². The van der Waals surface area contributed by atoms with Gasteiger partial charge in [0.1, 0.15) is 5.58 Å². The number of hydrogen-bond acceptors (Lipinski definition) is 4. The highest BCUT2D eigenvalue weighted by atomic mass is 35.5. The van der Waals surface area contributed by atoms with Crippen molar-refractivity contribution in [1.82, 2.24) is 4.31 Å². The average molecular weight is 452 g/mol. The molecule has 1 N–H and O–H groups in total. The number of hydrogen-bond donors (Lipinski definition) is 1. The molecule has 0 aliphatic carbocycles.